The molecular weight excluding hydrogens is 308 g/mol. The average Bonchev–Trinajstić information content (AvgIpc) is 2.49. The van der Waals surface area contributed by atoms with Crippen LogP contribution in [0.5, 0.6) is 0 Å². The molecule has 0 radical (unpaired) electrons. The van der Waals surface area contributed by atoms with E-state index >= 15 is 0 Å². The van der Waals surface area contributed by atoms with Crippen LogP contribution < -0.4 is 11.5 Å². The molecule has 112 valence electrons. The third-order valence-electron chi connectivity index (χ3n) is 2.57. The normalized spacial score (nSPS) is 11.0. The van der Waals surface area contributed by atoms with Crippen molar-refractivity contribution in [1.29, 1.82) is 0 Å². The first kappa shape index (κ1) is 15.4. The zero-order valence-electron chi connectivity index (χ0n) is 11.2. The first-order valence-electron chi connectivity index (χ1n) is 6.01. The zero-order chi connectivity index (χ0) is 16.1. The lowest BCUT2D eigenvalue weighted by molar-refractivity contribution is -0.385. The van der Waals surface area contributed by atoms with Crippen LogP contribution in [-0.2, 0) is 0 Å². The Morgan fingerprint density at radius 3 is 2.45 bits per heavy atom. The molecule has 0 aliphatic heterocycles. The first-order chi connectivity index (χ1) is 10.5. The Kier molecular flexibility index (Phi) is 4.64. The lowest BCUT2D eigenvalue weighted by Crippen LogP contribution is -2.22. The standard InChI is InChI=1S/C13H11ClN6O2/c14-10-6-9(20(21)22)7-17-12(10)11(18-19-13(15)16)8-4-2-1-3-5-8/h1-7H,(H4,15,16,19)/b18-11-. The highest BCUT2D eigenvalue weighted by Crippen LogP contribution is 2.23. The van der Waals surface area contributed by atoms with E-state index in [1.807, 2.05) is 6.07 Å². The van der Waals surface area contributed by atoms with Crippen LogP contribution in [0.15, 0.2) is 52.8 Å². The lowest BCUT2D eigenvalue weighted by atomic mass is 10.1. The summed E-state index contributed by atoms with van der Waals surface area (Å²) in [6.07, 6.45) is 1.09. The summed E-state index contributed by atoms with van der Waals surface area (Å²) in [5, 5.41) is 18.4. The number of halogens is 1. The molecule has 2 aromatic rings. The van der Waals surface area contributed by atoms with Crippen molar-refractivity contribution in [2.75, 3.05) is 0 Å². The van der Waals surface area contributed by atoms with Gasteiger partial charge in [0.05, 0.1) is 9.95 Å². The van der Waals surface area contributed by atoms with E-state index in [1.165, 1.54) is 6.07 Å². The van der Waals surface area contributed by atoms with Gasteiger partial charge in [0.25, 0.3) is 5.69 Å². The number of hydrogen-bond donors (Lipinski definition) is 2. The minimum Gasteiger partial charge on any atom is -0.369 e. The number of aromatic nitrogens is 1. The second kappa shape index (κ2) is 6.64. The van der Waals surface area contributed by atoms with Gasteiger partial charge in [0.1, 0.15) is 17.6 Å². The van der Waals surface area contributed by atoms with Crippen molar-refractivity contribution >= 4 is 29.0 Å². The number of pyridine rings is 1. The molecule has 1 aromatic heterocycles. The summed E-state index contributed by atoms with van der Waals surface area (Å²) in [4.78, 5) is 14.2. The molecule has 0 unspecified atom stereocenters. The second-order valence-electron chi connectivity index (χ2n) is 4.12. The zero-order valence-corrected chi connectivity index (χ0v) is 11.9. The molecule has 0 saturated carbocycles. The highest BCUT2D eigenvalue weighted by Gasteiger charge is 2.17. The number of nitrogens with zero attached hydrogens (tertiary/aromatic N) is 4. The van der Waals surface area contributed by atoms with Crippen LogP contribution in [0.2, 0.25) is 5.02 Å². The van der Waals surface area contributed by atoms with Crippen molar-refractivity contribution in [1.82, 2.24) is 4.98 Å². The third kappa shape index (κ3) is 3.55. The van der Waals surface area contributed by atoms with E-state index in [2.05, 4.69) is 15.2 Å². The molecule has 4 N–H and O–H groups in total. The quantitative estimate of drug-likeness (QED) is 0.383. The number of hydrogen-bond acceptors (Lipinski definition) is 5. The number of rotatable bonds is 4. The molecule has 0 spiro atoms. The molecule has 0 aliphatic carbocycles. The molecule has 1 heterocycles. The van der Waals surface area contributed by atoms with Gasteiger partial charge in [0, 0.05) is 11.6 Å². The van der Waals surface area contributed by atoms with Crippen LogP contribution >= 0.6 is 11.6 Å². The fourth-order valence-electron chi connectivity index (χ4n) is 1.65. The molecule has 8 nitrogen and oxygen atoms in total. The molecule has 0 fully saturated rings. The highest BCUT2D eigenvalue weighted by molar-refractivity contribution is 6.35. The highest BCUT2D eigenvalue weighted by atomic mass is 35.5. The maximum atomic E-state index is 10.7. The predicted octanol–water partition coefficient (Wildman–Crippen LogP) is 1.67. The number of nitro groups is 1. The summed E-state index contributed by atoms with van der Waals surface area (Å²) in [5.74, 6) is -0.230. The van der Waals surface area contributed by atoms with E-state index < -0.39 is 4.92 Å². The third-order valence-corrected chi connectivity index (χ3v) is 2.86. The summed E-state index contributed by atoms with van der Waals surface area (Å²) in [5.41, 5.74) is 11.5. The molecule has 0 aliphatic rings. The average molecular weight is 319 g/mol. The van der Waals surface area contributed by atoms with Crippen LogP contribution in [-0.4, -0.2) is 21.6 Å². The monoisotopic (exact) mass is 318 g/mol. The molecule has 22 heavy (non-hydrogen) atoms. The predicted molar refractivity (Wildman–Crippen MR) is 83.8 cm³/mol. The Bertz CT molecular complexity index is 756. The maximum Gasteiger partial charge on any atom is 0.289 e. The minimum absolute atomic E-state index is 0.0718. The van der Waals surface area contributed by atoms with Crippen LogP contribution in [0.1, 0.15) is 11.3 Å². The lowest BCUT2D eigenvalue weighted by Gasteiger charge is -2.06. The van der Waals surface area contributed by atoms with Gasteiger partial charge in [-0.15, -0.1) is 10.2 Å². The molecule has 9 heteroatoms. The van der Waals surface area contributed by atoms with Gasteiger partial charge >= 0.3 is 0 Å². The van der Waals surface area contributed by atoms with Gasteiger partial charge in [-0.1, -0.05) is 41.9 Å². The van der Waals surface area contributed by atoms with Gasteiger partial charge in [0.15, 0.2) is 0 Å². The molecule has 2 rings (SSSR count). The van der Waals surface area contributed by atoms with Crippen molar-refractivity contribution in [3.8, 4) is 0 Å². The molecule has 0 bridgehead atoms. The topological polar surface area (TPSA) is 133 Å². The summed E-state index contributed by atoms with van der Waals surface area (Å²) in [7, 11) is 0. The summed E-state index contributed by atoms with van der Waals surface area (Å²) in [6, 6.07) is 10.1. The van der Waals surface area contributed by atoms with E-state index in [9.17, 15) is 10.1 Å². The molecule has 1 aromatic carbocycles. The summed E-state index contributed by atoms with van der Waals surface area (Å²) in [6.45, 7) is 0. The Labute approximate surface area is 130 Å². The van der Waals surface area contributed by atoms with Gasteiger partial charge in [-0.05, 0) is 0 Å². The van der Waals surface area contributed by atoms with Crippen molar-refractivity contribution in [2.24, 2.45) is 21.7 Å². The van der Waals surface area contributed by atoms with Gasteiger partial charge in [0.2, 0.25) is 5.96 Å². The van der Waals surface area contributed by atoms with E-state index in [0.717, 1.165) is 6.20 Å². The van der Waals surface area contributed by atoms with E-state index in [-0.39, 0.29) is 22.4 Å². The van der Waals surface area contributed by atoms with E-state index in [1.54, 1.807) is 24.3 Å². The first-order valence-corrected chi connectivity index (χ1v) is 6.39. The Balaban J connectivity index is 2.58. The number of nitrogens with two attached hydrogens (primary N) is 2. The Morgan fingerprint density at radius 1 is 1.23 bits per heavy atom. The van der Waals surface area contributed by atoms with Crippen LogP contribution in [0.3, 0.4) is 0 Å². The summed E-state index contributed by atoms with van der Waals surface area (Å²) < 4.78 is 0. The van der Waals surface area contributed by atoms with Crippen molar-refractivity contribution < 1.29 is 4.92 Å². The van der Waals surface area contributed by atoms with Crippen molar-refractivity contribution in [3.05, 3.63) is 69.0 Å². The van der Waals surface area contributed by atoms with Crippen LogP contribution in [0.25, 0.3) is 0 Å². The Hall–Kier alpha value is -3.00. The summed E-state index contributed by atoms with van der Waals surface area (Å²) >= 11 is 6.07. The number of guanidine groups is 1. The van der Waals surface area contributed by atoms with E-state index in [4.69, 9.17) is 23.1 Å². The van der Waals surface area contributed by atoms with Crippen molar-refractivity contribution in [3.63, 3.8) is 0 Å². The van der Waals surface area contributed by atoms with Gasteiger partial charge < -0.3 is 11.5 Å². The molecular formula is C13H11ClN6O2. The van der Waals surface area contributed by atoms with Crippen LogP contribution in [0.4, 0.5) is 5.69 Å². The van der Waals surface area contributed by atoms with Crippen molar-refractivity contribution in [2.45, 2.75) is 0 Å². The van der Waals surface area contributed by atoms with E-state index in [0.29, 0.717) is 11.3 Å². The fourth-order valence-corrected chi connectivity index (χ4v) is 1.90. The minimum atomic E-state index is -0.585. The smallest absolute Gasteiger partial charge is 0.289 e. The van der Waals surface area contributed by atoms with Gasteiger partial charge in [-0.25, -0.2) is 4.98 Å². The SMILES string of the molecule is NC(N)=N/N=C(/c1ccccc1)c1ncc([N+](=O)[O-])cc1Cl. The fraction of sp³-hybridized carbons (Fsp3) is 0. The maximum absolute atomic E-state index is 10.7. The van der Waals surface area contributed by atoms with Crippen LogP contribution in [0, 0.1) is 10.1 Å². The van der Waals surface area contributed by atoms with Gasteiger partial charge in [-0.3, -0.25) is 10.1 Å². The molecule has 0 atom stereocenters. The molecule has 0 amide bonds. The Morgan fingerprint density at radius 2 is 1.91 bits per heavy atom. The second-order valence-corrected chi connectivity index (χ2v) is 4.53. The van der Waals surface area contributed by atoms with Gasteiger partial charge in [-0.2, -0.15) is 0 Å². The number of benzene rings is 1. The molecule has 0 saturated heterocycles. The largest absolute Gasteiger partial charge is 0.369 e.